The maximum Gasteiger partial charge on any atom is 0.311 e. The number of Topliss-reactive ketones (excluding diaryl/α,β-unsaturated/α-hetero) is 1. The minimum absolute atomic E-state index is 0.0941. The van der Waals surface area contributed by atoms with Crippen LogP contribution in [0.25, 0.3) is 6.08 Å². The van der Waals surface area contributed by atoms with Crippen LogP contribution in [0.3, 0.4) is 0 Å². The van der Waals surface area contributed by atoms with E-state index >= 15 is 0 Å². The number of hydrogen-bond donors (Lipinski definition) is 0. The number of carbonyl (C=O) groups excluding carboxylic acids is 2. The van der Waals surface area contributed by atoms with Crippen molar-refractivity contribution in [3.8, 4) is 23.1 Å². The molecule has 4 rings (SSSR count). The Kier molecular flexibility index (Phi) is 5.93. The number of esters is 1. The quantitative estimate of drug-likeness (QED) is 0.310. The van der Waals surface area contributed by atoms with E-state index in [-0.39, 0.29) is 18.0 Å². The largest absolute Gasteiger partial charge is 0.497 e. The molecule has 0 spiro atoms. The molecule has 1 aliphatic heterocycles. The molecule has 0 N–H and O–H groups in total. The van der Waals surface area contributed by atoms with Crippen molar-refractivity contribution in [2.45, 2.75) is 19.8 Å². The fourth-order valence-corrected chi connectivity index (χ4v) is 3.30. The molecule has 8 nitrogen and oxygen atoms in total. The van der Waals surface area contributed by atoms with Crippen molar-refractivity contribution < 1.29 is 33.1 Å². The summed E-state index contributed by atoms with van der Waals surface area (Å²) in [6, 6.07) is 12.1. The van der Waals surface area contributed by atoms with Gasteiger partial charge in [0, 0.05) is 18.6 Å². The molecule has 0 unspecified atom stereocenters. The topological polar surface area (TPSA) is 97.1 Å². The fraction of sp³-hybridized carbons (Fsp3) is 0.208. The Hall–Kier alpha value is -4.07. The van der Waals surface area contributed by atoms with Crippen LogP contribution < -0.4 is 18.9 Å². The van der Waals surface area contributed by atoms with Crippen LogP contribution in [0.1, 0.15) is 33.7 Å². The van der Waals surface area contributed by atoms with E-state index in [0.29, 0.717) is 40.7 Å². The molecule has 32 heavy (non-hydrogen) atoms. The van der Waals surface area contributed by atoms with Gasteiger partial charge in [-0.1, -0.05) is 12.1 Å². The SMILES string of the molecule is COc1ccc(/C=C2\Oc3cc(OC(=O)CCc4cc(OC)no4)cc(C)c3C2=O)cc1. The van der Waals surface area contributed by atoms with Crippen LogP contribution in [0.5, 0.6) is 23.1 Å². The summed E-state index contributed by atoms with van der Waals surface area (Å²) in [7, 11) is 3.07. The number of ketones is 1. The minimum atomic E-state index is -0.446. The highest BCUT2D eigenvalue weighted by Gasteiger charge is 2.30. The molecule has 0 saturated heterocycles. The van der Waals surface area contributed by atoms with Crippen molar-refractivity contribution in [1.82, 2.24) is 5.16 Å². The Morgan fingerprint density at radius 1 is 1.06 bits per heavy atom. The maximum atomic E-state index is 12.8. The van der Waals surface area contributed by atoms with E-state index in [1.54, 1.807) is 50.4 Å². The van der Waals surface area contributed by atoms with Gasteiger partial charge in [0.25, 0.3) is 5.88 Å². The Morgan fingerprint density at radius 2 is 1.84 bits per heavy atom. The first-order valence-electron chi connectivity index (χ1n) is 9.90. The van der Waals surface area contributed by atoms with Crippen LogP contribution in [0, 0.1) is 6.92 Å². The first-order valence-corrected chi connectivity index (χ1v) is 9.90. The van der Waals surface area contributed by atoms with Gasteiger partial charge < -0.3 is 23.5 Å². The van der Waals surface area contributed by atoms with Crippen molar-refractivity contribution in [1.29, 1.82) is 0 Å². The maximum absolute atomic E-state index is 12.8. The lowest BCUT2D eigenvalue weighted by Gasteiger charge is -2.07. The Morgan fingerprint density at radius 3 is 2.53 bits per heavy atom. The van der Waals surface area contributed by atoms with E-state index < -0.39 is 5.97 Å². The normalized spacial score (nSPS) is 13.6. The summed E-state index contributed by atoms with van der Waals surface area (Å²) in [5.74, 6) is 1.80. The second kappa shape index (κ2) is 8.97. The van der Waals surface area contributed by atoms with Gasteiger partial charge in [-0.15, -0.1) is 0 Å². The van der Waals surface area contributed by atoms with Gasteiger partial charge in [0.2, 0.25) is 5.78 Å². The van der Waals surface area contributed by atoms with E-state index in [9.17, 15) is 9.59 Å². The molecule has 0 fully saturated rings. The van der Waals surface area contributed by atoms with Crippen LogP contribution in [0.2, 0.25) is 0 Å². The summed E-state index contributed by atoms with van der Waals surface area (Å²) >= 11 is 0. The van der Waals surface area contributed by atoms with E-state index in [2.05, 4.69) is 5.16 Å². The molecule has 2 aromatic carbocycles. The van der Waals surface area contributed by atoms with Gasteiger partial charge in [-0.25, -0.2) is 0 Å². The van der Waals surface area contributed by atoms with Crippen molar-refractivity contribution in [3.63, 3.8) is 0 Å². The molecule has 0 radical (unpaired) electrons. The summed E-state index contributed by atoms with van der Waals surface area (Å²) in [4.78, 5) is 25.1. The van der Waals surface area contributed by atoms with Crippen molar-refractivity contribution in [2.75, 3.05) is 14.2 Å². The predicted molar refractivity (Wildman–Crippen MR) is 114 cm³/mol. The van der Waals surface area contributed by atoms with Gasteiger partial charge in [0.15, 0.2) is 5.76 Å². The molecule has 3 aromatic rings. The Bertz CT molecular complexity index is 1190. The summed E-state index contributed by atoms with van der Waals surface area (Å²) in [6.45, 7) is 1.77. The van der Waals surface area contributed by atoms with Gasteiger partial charge in [-0.3, -0.25) is 9.59 Å². The summed E-state index contributed by atoms with van der Waals surface area (Å²) in [6.07, 6.45) is 2.08. The number of methoxy groups -OCH3 is 2. The predicted octanol–water partition coefficient (Wildman–Crippen LogP) is 4.15. The monoisotopic (exact) mass is 435 g/mol. The van der Waals surface area contributed by atoms with Crippen molar-refractivity contribution >= 4 is 17.8 Å². The number of benzene rings is 2. The van der Waals surface area contributed by atoms with Gasteiger partial charge in [0.1, 0.15) is 23.0 Å². The average molecular weight is 435 g/mol. The number of carbonyl (C=O) groups is 2. The smallest absolute Gasteiger partial charge is 0.311 e. The number of ether oxygens (including phenoxy) is 4. The first kappa shape index (κ1) is 21.2. The average Bonchev–Trinajstić information content (AvgIpc) is 3.37. The molecule has 0 aliphatic carbocycles. The third kappa shape index (κ3) is 4.49. The van der Waals surface area contributed by atoms with Crippen LogP contribution in [-0.4, -0.2) is 31.1 Å². The zero-order valence-electron chi connectivity index (χ0n) is 17.8. The number of aromatic nitrogens is 1. The number of aryl methyl sites for hydroxylation is 2. The highest BCUT2D eigenvalue weighted by molar-refractivity contribution is 6.15. The molecular weight excluding hydrogens is 414 g/mol. The second-order valence-corrected chi connectivity index (χ2v) is 7.14. The van der Waals surface area contributed by atoms with Gasteiger partial charge >= 0.3 is 5.97 Å². The Balaban J connectivity index is 1.45. The molecule has 1 aliphatic rings. The lowest BCUT2D eigenvalue weighted by Crippen LogP contribution is -2.09. The standard InChI is InChI=1S/C24H21NO7/c1-14-10-18(30-22(26)9-8-17-13-21(29-3)25-32-17)12-19-23(14)24(27)20(31-19)11-15-4-6-16(28-2)7-5-15/h4-7,10-13H,8-9H2,1-3H3/b20-11-. The third-order valence-electron chi connectivity index (χ3n) is 4.91. The number of nitrogens with zero attached hydrogens (tertiary/aromatic N) is 1. The van der Waals surface area contributed by atoms with Crippen LogP contribution in [0.4, 0.5) is 0 Å². The molecule has 1 aromatic heterocycles. The molecule has 0 amide bonds. The lowest BCUT2D eigenvalue weighted by atomic mass is 10.0. The van der Waals surface area contributed by atoms with Gasteiger partial charge in [-0.05, 0) is 47.5 Å². The molecular formula is C24H21NO7. The number of rotatable bonds is 7. The van der Waals surface area contributed by atoms with E-state index in [1.807, 2.05) is 12.1 Å². The number of hydrogen-bond acceptors (Lipinski definition) is 8. The molecule has 2 heterocycles. The van der Waals surface area contributed by atoms with E-state index in [0.717, 1.165) is 11.3 Å². The number of allylic oxidation sites excluding steroid dienone is 1. The minimum Gasteiger partial charge on any atom is -0.497 e. The molecule has 0 saturated carbocycles. The highest BCUT2D eigenvalue weighted by atomic mass is 16.5. The van der Waals surface area contributed by atoms with Gasteiger partial charge in [0.05, 0.1) is 26.2 Å². The van der Waals surface area contributed by atoms with Crippen molar-refractivity contribution in [2.24, 2.45) is 0 Å². The summed E-state index contributed by atoms with van der Waals surface area (Å²) in [5, 5.41) is 3.69. The summed E-state index contributed by atoms with van der Waals surface area (Å²) in [5.41, 5.74) is 1.92. The van der Waals surface area contributed by atoms with Crippen LogP contribution in [0.15, 0.2) is 52.7 Å². The molecule has 0 bridgehead atoms. The Labute approximate surface area is 184 Å². The van der Waals surface area contributed by atoms with Crippen molar-refractivity contribution in [3.05, 3.63) is 70.7 Å². The van der Waals surface area contributed by atoms with Crippen LogP contribution >= 0.6 is 0 Å². The summed E-state index contributed by atoms with van der Waals surface area (Å²) < 4.78 is 26.4. The van der Waals surface area contributed by atoms with Gasteiger partial charge in [-0.2, -0.15) is 0 Å². The first-order chi connectivity index (χ1) is 15.5. The number of fused-ring (bicyclic) bond motifs is 1. The molecule has 0 atom stereocenters. The van der Waals surface area contributed by atoms with E-state index in [4.69, 9.17) is 23.5 Å². The lowest BCUT2D eigenvalue weighted by molar-refractivity contribution is -0.134. The third-order valence-corrected chi connectivity index (χ3v) is 4.91. The molecule has 164 valence electrons. The highest BCUT2D eigenvalue weighted by Crippen LogP contribution is 2.37. The zero-order chi connectivity index (χ0) is 22.7. The zero-order valence-corrected chi connectivity index (χ0v) is 17.8. The second-order valence-electron chi connectivity index (χ2n) is 7.14. The molecule has 8 heteroatoms. The fourth-order valence-electron chi connectivity index (χ4n) is 3.30. The van der Waals surface area contributed by atoms with E-state index in [1.165, 1.54) is 7.11 Å². The van der Waals surface area contributed by atoms with Crippen LogP contribution in [-0.2, 0) is 11.2 Å².